The molecule has 0 aliphatic carbocycles. The first-order valence-corrected chi connectivity index (χ1v) is 6.10. The van der Waals surface area contributed by atoms with Crippen LogP contribution in [0.5, 0.6) is 0 Å². The first kappa shape index (κ1) is 11.1. The highest BCUT2D eigenvalue weighted by atomic mass is 32.2. The third-order valence-corrected chi connectivity index (χ3v) is 3.84. The molecule has 1 N–H and O–H groups in total. The SMILES string of the molecule is CCC(O)CC1(C=O)CCSCC1. The summed E-state index contributed by atoms with van der Waals surface area (Å²) in [7, 11) is 0. The Morgan fingerprint density at radius 3 is 2.62 bits per heavy atom. The van der Waals surface area contributed by atoms with Gasteiger partial charge < -0.3 is 9.90 Å². The van der Waals surface area contributed by atoms with Gasteiger partial charge in [-0.3, -0.25) is 0 Å². The lowest BCUT2D eigenvalue weighted by Crippen LogP contribution is -2.32. The van der Waals surface area contributed by atoms with Gasteiger partial charge in [0.05, 0.1) is 6.10 Å². The van der Waals surface area contributed by atoms with E-state index >= 15 is 0 Å². The van der Waals surface area contributed by atoms with E-state index in [2.05, 4.69) is 0 Å². The van der Waals surface area contributed by atoms with E-state index in [4.69, 9.17) is 0 Å². The normalized spacial score (nSPS) is 23.8. The Hall–Kier alpha value is -0.0200. The minimum atomic E-state index is -0.298. The van der Waals surface area contributed by atoms with Gasteiger partial charge in [-0.05, 0) is 37.2 Å². The minimum absolute atomic E-state index is 0.208. The minimum Gasteiger partial charge on any atom is -0.393 e. The van der Waals surface area contributed by atoms with Crippen molar-refractivity contribution in [2.24, 2.45) is 5.41 Å². The van der Waals surface area contributed by atoms with Crippen molar-refractivity contribution in [3.8, 4) is 0 Å². The Morgan fingerprint density at radius 2 is 2.15 bits per heavy atom. The van der Waals surface area contributed by atoms with Crippen molar-refractivity contribution in [1.82, 2.24) is 0 Å². The highest BCUT2D eigenvalue weighted by Crippen LogP contribution is 2.37. The fraction of sp³-hybridized carbons (Fsp3) is 0.900. The molecule has 1 atom stereocenters. The molecular formula is C10H18O2S. The molecule has 1 rings (SSSR count). The fourth-order valence-corrected chi connectivity index (χ4v) is 3.07. The van der Waals surface area contributed by atoms with Gasteiger partial charge in [0.15, 0.2) is 0 Å². The Labute approximate surface area is 84.1 Å². The van der Waals surface area contributed by atoms with E-state index < -0.39 is 0 Å². The monoisotopic (exact) mass is 202 g/mol. The van der Waals surface area contributed by atoms with E-state index in [9.17, 15) is 9.90 Å². The van der Waals surface area contributed by atoms with Gasteiger partial charge in [0, 0.05) is 5.41 Å². The van der Waals surface area contributed by atoms with Crippen LogP contribution in [0.15, 0.2) is 0 Å². The second-order valence-corrected chi connectivity index (χ2v) is 5.08. The van der Waals surface area contributed by atoms with Crippen LogP contribution in [0.3, 0.4) is 0 Å². The third kappa shape index (κ3) is 2.99. The smallest absolute Gasteiger partial charge is 0.126 e. The van der Waals surface area contributed by atoms with Crippen LogP contribution in [-0.4, -0.2) is 29.0 Å². The number of hydrogen-bond acceptors (Lipinski definition) is 3. The standard InChI is InChI=1S/C10H18O2S/c1-2-9(12)7-10(8-11)3-5-13-6-4-10/h8-9,12H,2-7H2,1H3. The summed E-state index contributed by atoms with van der Waals surface area (Å²) >= 11 is 1.91. The number of rotatable bonds is 4. The van der Waals surface area contributed by atoms with Gasteiger partial charge in [0.25, 0.3) is 0 Å². The van der Waals surface area contributed by atoms with E-state index in [1.165, 1.54) is 0 Å². The van der Waals surface area contributed by atoms with Crippen molar-refractivity contribution in [3.63, 3.8) is 0 Å². The lowest BCUT2D eigenvalue weighted by molar-refractivity contribution is -0.118. The molecule has 0 aromatic heterocycles. The van der Waals surface area contributed by atoms with Crippen LogP contribution in [0, 0.1) is 5.41 Å². The quantitative estimate of drug-likeness (QED) is 0.707. The number of hydrogen-bond donors (Lipinski definition) is 1. The molecule has 1 saturated heterocycles. The first-order valence-electron chi connectivity index (χ1n) is 4.94. The van der Waals surface area contributed by atoms with Crippen molar-refractivity contribution >= 4 is 18.0 Å². The van der Waals surface area contributed by atoms with Crippen LogP contribution in [0.4, 0.5) is 0 Å². The van der Waals surface area contributed by atoms with Gasteiger partial charge in [-0.15, -0.1) is 0 Å². The maximum atomic E-state index is 11.0. The van der Waals surface area contributed by atoms with Crippen molar-refractivity contribution in [3.05, 3.63) is 0 Å². The third-order valence-electron chi connectivity index (χ3n) is 2.85. The molecule has 1 fully saturated rings. The summed E-state index contributed by atoms with van der Waals surface area (Å²) in [5.74, 6) is 2.13. The predicted octanol–water partition coefficient (Wildman–Crippen LogP) is 1.86. The van der Waals surface area contributed by atoms with Gasteiger partial charge in [0.2, 0.25) is 0 Å². The lowest BCUT2D eigenvalue weighted by Gasteiger charge is -2.33. The van der Waals surface area contributed by atoms with Gasteiger partial charge in [-0.1, -0.05) is 6.92 Å². The molecule has 3 heteroatoms. The molecule has 0 amide bonds. The number of aldehydes is 1. The summed E-state index contributed by atoms with van der Waals surface area (Å²) in [5.41, 5.74) is -0.208. The van der Waals surface area contributed by atoms with Crippen molar-refractivity contribution < 1.29 is 9.90 Å². The number of carbonyl (C=O) groups excluding carboxylic acids is 1. The average molecular weight is 202 g/mol. The van der Waals surface area contributed by atoms with E-state index in [1.807, 2.05) is 18.7 Å². The molecule has 76 valence electrons. The average Bonchev–Trinajstić information content (AvgIpc) is 2.19. The van der Waals surface area contributed by atoms with Gasteiger partial charge in [-0.2, -0.15) is 11.8 Å². The molecule has 1 aliphatic rings. The predicted molar refractivity (Wildman–Crippen MR) is 56.0 cm³/mol. The number of thioether (sulfide) groups is 1. The topological polar surface area (TPSA) is 37.3 Å². The molecule has 1 aliphatic heterocycles. The van der Waals surface area contributed by atoms with E-state index in [1.54, 1.807) is 0 Å². The van der Waals surface area contributed by atoms with Crippen LogP contribution >= 0.6 is 11.8 Å². The molecule has 0 saturated carbocycles. The molecule has 13 heavy (non-hydrogen) atoms. The van der Waals surface area contributed by atoms with Crippen LogP contribution < -0.4 is 0 Å². The number of carbonyl (C=O) groups is 1. The van der Waals surface area contributed by atoms with Crippen LogP contribution in [0.2, 0.25) is 0 Å². The van der Waals surface area contributed by atoms with Gasteiger partial charge in [0.1, 0.15) is 6.29 Å². The Kier molecular flexibility index (Phi) is 4.26. The molecule has 0 bridgehead atoms. The Bertz CT molecular complexity index is 164. The second-order valence-electron chi connectivity index (χ2n) is 3.86. The number of aliphatic hydroxyl groups is 1. The van der Waals surface area contributed by atoms with Crippen LogP contribution in [0.25, 0.3) is 0 Å². The van der Waals surface area contributed by atoms with Crippen molar-refractivity contribution in [2.75, 3.05) is 11.5 Å². The first-order chi connectivity index (χ1) is 6.22. The maximum Gasteiger partial charge on any atom is 0.126 e. The van der Waals surface area contributed by atoms with E-state index in [0.29, 0.717) is 6.42 Å². The molecular weight excluding hydrogens is 184 g/mol. The molecule has 2 nitrogen and oxygen atoms in total. The summed E-state index contributed by atoms with van der Waals surface area (Å²) in [6.45, 7) is 1.96. The molecule has 0 aromatic rings. The molecule has 1 unspecified atom stereocenters. The lowest BCUT2D eigenvalue weighted by atomic mass is 9.78. The fourth-order valence-electron chi connectivity index (χ4n) is 1.76. The highest BCUT2D eigenvalue weighted by molar-refractivity contribution is 7.99. The highest BCUT2D eigenvalue weighted by Gasteiger charge is 2.33. The summed E-state index contributed by atoms with van der Waals surface area (Å²) in [5, 5.41) is 9.54. The largest absolute Gasteiger partial charge is 0.393 e. The zero-order valence-electron chi connectivity index (χ0n) is 8.16. The van der Waals surface area contributed by atoms with Crippen molar-refractivity contribution in [1.29, 1.82) is 0 Å². The number of aliphatic hydroxyl groups excluding tert-OH is 1. The molecule has 1 heterocycles. The summed E-state index contributed by atoms with van der Waals surface area (Å²) in [6.07, 6.45) is 4.08. The van der Waals surface area contributed by atoms with Crippen LogP contribution in [0.1, 0.15) is 32.6 Å². The molecule has 0 aromatic carbocycles. The van der Waals surface area contributed by atoms with Gasteiger partial charge in [-0.25, -0.2) is 0 Å². The molecule has 0 radical (unpaired) electrons. The maximum absolute atomic E-state index is 11.0. The molecule has 0 spiro atoms. The van der Waals surface area contributed by atoms with Crippen molar-refractivity contribution in [2.45, 2.75) is 38.7 Å². The Balaban J connectivity index is 2.52. The zero-order chi connectivity index (χ0) is 9.73. The second kappa shape index (κ2) is 5.01. The summed E-state index contributed by atoms with van der Waals surface area (Å²) in [6, 6.07) is 0. The Morgan fingerprint density at radius 1 is 1.54 bits per heavy atom. The van der Waals surface area contributed by atoms with E-state index in [0.717, 1.165) is 37.1 Å². The van der Waals surface area contributed by atoms with Crippen LogP contribution in [-0.2, 0) is 4.79 Å². The van der Waals surface area contributed by atoms with Gasteiger partial charge >= 0.3 is 0 Å². The zero-order valence-corrected chi connectivity index (χ0v) is 8.98. The van der Waals surface area contributed by atoms with E-state index in [-0.39, 0.29) is 11.5 Å². The summed E-state index contributed by atoms with van der Waals surface area (Å²) in [4.78, 5) is 11.0. The summed E-state index contributed by atoms with van der Waals surface area (Å²) < 4.78 is 0.